The third-order valence-corrected chi connectivity index (χ3v) is 3.64. The zero-order chi connectivity index (χ0) is 14.0. The molecule has 5 heteroatoms. The van der Waals surface area contributed by atoms with Crippen LogP contribution in [-0.2, 0) is 0 Å². The molecule has 1 saturated heterocycles. The molecule has 104 valence electrons. The van der Waals surface area contributed by atoms with Crippen molar-refractivity contribution in [2.45, 2.75) is 6.42 Å². The zero-order valence-corrected chi connectivity index (χ0v) is 11.3. The first kappa shape index (κ1) is 13.8. The molecule has 1 fully saturated rings. The number of nitrogens with zero attached hydrogens (tertiary/aromatic N) is 2. The number of carbonyl (C=O) groups is 1. The van der Waals surface area contributed by atoms with Crippen LogP contribution in [0.15, 0.2) is 18.2 Å². The first-order valence-corrected chi connectivity index (χ1v) is 6.40. The molecule has 0 aromatic heterocycles. The highest BCUT2D eigenvalue weighted by Gasteiger charge is 2.23. The van der Waals surface area contributed by atoms with Gasteiger partial charge in [0.2, 0.25) is 0 Å². The summed E-state index contributed by atoms with van der Waals surface area (Å²) in [6.07, 6.45) is 1.10. The van der Waals surface area contributed by atoms with E-state index in [0.29, 0.717) is 11.6 Å². The van der Waals surface area contributed by atoms with E-state index in [1.165, 1.54) is 6.07 Å². The van der Waals surface area contributed by atoms with Crippen LogP contribution in [0.25, 0.3) is 0 Å². The van der Waals surface area contributed by atoms with Gasteiger partial charge in [0.05, 0.1) is 5.69 Å². The van der Waals surface area contributed by atoms with Crippen LogP contribution in [-0.4, -0.2) is 49.7 Å². The Morgan fingerprint density at radius 3 is 2.89 bits per heavy atom. The van der Waals surface area contributed by atoms with Gasteiger partial charge in [0.1, 0.15) is 11.4 Å². The monoisotopic (exact) mass is 266 g/mol. The molecule has 1 aliphatic rings. The quantitative estimate of drug-likeness (QED) is 0.904. The van der Waals surface area contributed by atoms with Gasteiger partial charge in [-0.15, -0.1) is 0 Å². The number of likely N-dealkylation sites (tertiary alicyclic amines) is 1. The van der Waals surface area contributed by atoms with Gasteiger partial charge in [-0.2, -0.15) is 0 Å². The number of carboxylic acid groups (broad SMARTS) is 1. The molecule has 4 nitrogen and oxygen atoms in total. The van der Waals surface area contributed by atoms with E-state index in [9.17, 15) is 9.18 Å². The van der Waals surface area contributed by atoms with E-state index in [0.717, 1.165) is 26.1 Å². The topological polar surface area (TPSA) is 43.8 Å². The fourth-order valence-corrected chi connectivity index (χ4v) is 2.70. The third-order valence-electron chi connectivity index (χ3n) is 3.64. The van der Waals surface area contributed by atoms with Crippen molar-refractivity contribution < 1.29 is 14.3 Å². The standard InChI is InChI=1S/C14H19FN2O2/c1-16-7-6-10(8-16)9-17(2)12-5-3-4-11(15)13(12)14(18)19/h3-5,10H,6-9H2,1-2H3,(H,18,19). The van der Waals surface area contributed by atoms with E-state index < -0.39 is 11.8 Å². The summed E-state index contributed by atoms with van der Waals surface area (Å²) in [5.74, 6) is -1.40. The van der Waals surface area contributed by atoms with Crippen LogP contribution in [0.3, 0.4) is 0 Å². The van der Waals surface area contributed by atoms with E-state index in [1.807, 2.05) is 11.9 Å². The Labute approximate surface area is 112 Å². The maximum Gasteiger partial charge on any atom is 0.340 e. The van der Waals surface area contributed by atoms with E-state index in [4.69, 9.17) is 5.11 Å². The van der Waals surface area contributed by atoms with E-state index >= 15 is 0 Å². The van der Waals surface area contributed by atoms with Gasteiger partial charge < -0.3 is 14.9 Å². The SMILES string of the molecule is CN1CCC(CN(C)c2cccc(F)c2C(=O)O)C1. The minimum absolute atomic E-state index is 0.239. The van der Waals surface area contributed by atoms with Gasteiger partial charge >= 0.3 is 5.97 Å². The Morgan fingerprint density at radius 1 is 1.58 bits per heavy atom. The van der Waals surface area contributed by atoms with Crippen LogP contribution in [0.2, 0.25) is 0 Å². The molecule has 1 heterocycles. The molecule has 0 amide bonds. The number of hydrogen-bond acceptors (Lipinski definition) is 3. The number of halogens is 1. The molecule has 0 aliphatic carbocycles. The van der Waals surface area contributed by atoms with Gasteiger partial charge in [0.15, 0.2) is 0 Å². The summed E-state index contributed by atoms with van der Waals surface area (Å²) in [5.41, 5.74) is 0.207. The van der Waals surface area contributed by atoms with E-state index in [1.54, 1.807) is 12.1 Å². The van der Waals surface area contributed by atoms with E-state index in [2.05, 4.69) is 11.9 Å². The van der Waals surface area contributed by atoms with Crippen molar-refractivity contribution in [1.82, 2.24) is 4.90 Å². The molecule has 0 spiro atoms. The van der Waals surface area contributed by atoms with Crippen molar-refractivity contribution in [3.8, 4) is 0 Å². The summed E-state index contributed by atoms with van der Waals surface area (Å²) in [5, 5.41) is 9.12. The van der Waals surface area contributed by atoms with Gasteiger partial charge in [-0.25, -0.2) is 9.18 Å². The van der Waals surface area contributed by atoms with Crippen molar-refractivity contribution in [3.05, 3.63) is 29.6 Å². The number of hydrogen-bond donors (Lipinski definition) is 1. The predicted molar refractivity (Wildman–Crippen MR) is 72.2 cm³/mol. The molecule has 1 aromatic carbocycles. The molecule has 2 rings (SSSR count). The molecule has 1 aliphatic heterocycles. The van der Waals surface area contributed by atoms with Gasteiger partial charge in [-0.3, -0.25) is 0 Å². The van der Waals surface area contributed by atoms with Crippen LogP contribution >= 0.6 is 0 Å². The second-order valence-corrected chi connectivity index (χ2v) is 5.24. The molecule has 1 atom stereocenters. The summed E-state index contributed by atoms with van der Waals surface area (Å²) in [7, 11) is 3.89. The van der Waals surface area contributed by atoms with Crippen LogP contribution < -0.4 is 4.90 Å². The number of benzene rings is 1. The highest BCUT2D eigenvalue weighted by molar-refractivity contribution is 5.94. The lowest BCUT2D eigenvalue weighted by Crippen LogP contribution is -2.28. The van der Waals surface area contributed by atoms with Gasteiger partial charge in [0, 0.05) is 20.1 Å². The molecule has 19 heavy (non-hydrogen) atoms. The van der Waals surface area contributed by atoms with Crippen LogP contribution in [0.1, 0.15) is 16.8 Å². The lowest BCUT2D eigenvalue weighted by molar-refractivity contribution is 0.0692. The Kier molecular flexibility index (Phi) is 4.04. The highest BCUT2D eigenvalue weighted by Crippen LogP contribution is 2.25. The van der Waals surface area contributed by atoms with Gasteiger partial charge in [0.25, 0.3) is 0 Å². The smallest absolute Gasteiger partial charge is 0.340 e. The van der Waals surface area contributed by atoms with Crippen molar-refractivity contribution in [1.29, 1.82) is 0 Å². The number of aromatic carboxylic acids is 1. The van der Waals surface area contributed by atoms with Crippen molar-refractivity contribution in [2.75, 3.05) is 38.6 Å². The first-order chi connectivity index (χ1) is 8.99. The molecular formula is C14H19FN2O2. The van der Waals surface area contributed by atoms with Crippen LogP contribution in [0.5, 0.6) is 0 Å². The number of carboxylic acids is 1. The molecule has 1 N–H and O–H groups in total. The molecule has 1 aromatic rings. The Morgan fingerprint density at radius 2 is 2.32 bits per heavy atom. The Hall–Kier alpha value is -1.62. The summed E-state index contributed by atoms with van der Waals surface area (Å²) >= 11 is 0. The molecule has 1 unspecified atom stereocenters. The molecule has 0 saturated carbocycles. The third kappa shape index (κ3) is 3.04. The summed E-state index contributed by atoms with van der Waals surface area (Å²) in [6.45, 7) is 2.81. The highest BCUT2D eigenvalue weighted by atomic mass is 19.1. The zero-order valence-electron chi connectivity index (χ0n) is 11.3. The van der Waals surface area contributed by atoms with Crippen molar-refractivity contribution >= 4 is 11.7 Å². The largest absolute Gasteiger partial charge is 0.478 e. The molecule has 0 bridgehead atoms. The Bertz CT molecular complexity index is 479. The second-order valence-electron chi connectivity index (χ2n) is 5.24. The number of rotatable bonds is 4. The van der Waals surface area contributed by atoms with Crippen molar-refractivity contribution in [2.24, 2.45) is 5.92 Å². The normalized spacial score (nSPS) is 19.6. The fourth-order valence-electron chi connectivity index (χ4n) is 2.70. The van der Waals surface area contributed by atoms with Crippen molar-refractivity contribution in [3.63, 3.8) is 0 Å². The molecular weight excluding hydrogens is 247 g/mol. The summed E-state index contributed by atoms with van der Waals surface area (Å²) < 4.78 is 13.6. The molecule has 0 radical (unpaired) electrons. The lowest BCUT2D eigenvalue weighted by Gasteiger charge is -2.24. The average molecular weight is 266 g/mol. The van der Waals surface area contributed by atoms with E-state index in [-0.39, 0.29) is 5.56 Å². The predicted octanol–water partition coefficient (Wildman–Crippen LogP) is 1.91. The lowest BCUT2D eigenvalue weighted by atomic mass is 10.1. The first-order valence-electron chi connectivity index (χ1n) is 6.40. The van der Waals surface area contributed by atoms with Gasteiger partial charge in [-0.05, 0) is 38.1 Å². The maximum atomic E-state index is 13.6. The average Bonchev–Trinajstić information content (AvgIpc) is 2.73. The van der Waals surface area contributed by atoms with Crippen LogP contribution in [0, 0.1) is 11.7 Å². The van der Waals surface area contributed by atoms with Gasteiger partial charge in [-0.1, -0.05) is 6.07 Å². The summed E-state index contributed by atoms with van der Waals surface area (Å²) in [6, 6.07) is 4.39. The fraction of sp³-hybridized carbons (Fsp3) is 0.500. The number of anilines is 1. The minimum Gasteiger partial charge on any atom is -0.478 e. The van der Waals surface area contributed by atoms with Crippen LogP contribution in [0.4, 0.5) is 10.1 Å². The second kappa shape index (κ2) is 5.57. The summed E-state index contributed by atoms with van der Waals surface area (Å²) in [4.78, 5) is 15.3. The minimum atomic E-state index is -1.22. The maximum absolute atomic E-state index is 13.6. The Balaban J connectivity index is 2.17.